The van der Waals surface area contributed by atoms with Gasteiger partial charge in [-0.3, -0.25) is 4.79 Å². The van der Waals surface area contributed by atoms with Gasteiger partial charge in [-0.05, 0) is 47.9 Å². The minimum absolute atomic E-state index is 0.0914. The second-order valence-corrected chi connectivity index (χ2v) is 9.65. The molecule has 3 unspecified atom stereocenters. The van der Waals surface area contributed by atoms with Crippen LogP contribution in [-0.4, -0.2) is 41.3 Å². The van der Waals surface area contributed by atoms with Crippen LogP contribution in [0.5, 0.6) is 0 Å². The Balaban J connectivity index is 1.69. The summed E-state index contributed by atoms with van der Waals surface area (Å²) in [6, 6.07) is 15.1. The third kappa shape index (κ3) is 6.02. The molecule has 0 radical (unpaired) electrons. The third-order valence-electron chi connectivity index (χ3n) is 6.91. The van der Waals surface area contributed by atoms with Crippen molar-refractivity contribution in [1.82, 2.24) is 10.6 Å². The molecule has 188 valence electrons. The van der Waals surface area contributed by atoms with E-state index >= 15 is 0 Å². The first-order valence-electron chi connectivity index (χ1n) is 12.4. The van der Waals surface area contributed by atoms with Gasteiger partial charge in [-0.1, -0.05) is 82.1 Å². The van der Waals surface area contributed by atoms with Crippen molar-refractivity contribution < 1.29 is 24.2 Å². The van der Waals surface area contributed by atoms with E-state index < -0.39 is 29.6 Å². The molecular formula is C28H36N2O5. The van der Waals surface area contributed by atoms with Crippen molar-refractivity contribution in [2.45, 2.75) is 70.9 Å². The van der Waals surface area contributed by atoms with Gasteiger partial charge in [0.1, 0.15) is 18.2 Å². The van der Waals surface area contributed by atoms with E-state index in [0.717, 1.165) is 28.7 Å². The van der Waals surface area contributed by atoms with Crippen molar-refractivity contribution in [2.24, 2.45) is 5.92 Å². The number of fused-ring (bicyclic) bond motifs is 3. The Labute approximate surface area is 207 Å². The Morgan fingerprint density at radius 1 is 1.03 bits per heavy atom. The first kappa shape index (κ1) is 26.3. The first-order chi connectivity index (χ1) is 16.7. The van der Waals surface area contributed by atoms with Crippen LogP contribution < -0.4 is 10.6 Å². The number of nitrogens with one attached hydrogen (secondary N) is 2. The molecule has 3 rings (SSSR count). The van der Waals surface area contributed by atoms with Gasteiger partial charge >= 0.3 is 12.1 Å². The topological polar surface area (TPSA) is 105 Å². The summed E-state index contributed by atoms with van der Waals surface area (Å²) in [5, 5.41) is 14.9. The number of ether oxygens (including phenoxy) is 1. The quantitative estimate of drug-likeness (QED) is 0.416. The van der Waals surface area contributed by atoms with Crippen molar-refractivity contribution >= 4 is 18.0 Å². The number of aliphatic carboxylic acids is 1. The Morgan fingerprint density at radius 3 is 2.11 bits per heavy atom. The average molecular weight is 481 g/mol. The number of carbonyl (C=O) groups is 3. The number of benzene rings is 2. The molecule has 0 saturated carbocycles. The summed E-state index contributed by atoms with van der Waals surface area (Å²) in [6.45, 7) is 7.57. The second-order valence-electron chi connectivity index (χ2n) is 9.65. The fraction of sp³-hybridized carbons (Fsp3) is 0.464. The van der Waals surface area contributed by atoms with Crippen molar-refractivity contribution in [3.63, 3.8) is 0 Å². The van der Waals surface area contributed by atoms with E-state index in [2.05, 4.69) is 22.8 Å². The van der Waals surface area contributed by atoms with Gasteiger partial charge in [0.15, 0.2) is 0 Å². The van der Waals surface area contributed by atoms with Crippen LogP contribution in [0.1, 0.15) is 70.4 Å². The van der Waals surface area contributed by atoms with Crippen LogP contribution in [0.25, 0.3) is 11.1 Å². The fourth-order valence-corrected chi connectivity index (χ4v) is 4.70. The van der Waals surface area contributed by atoms with Crippen LogP contribution in [0.4, 0.5) is 4.79 Å². The highest BCUT2D eigenvalue weighted by Gasteiger charge is 2.38. The monoisotopic (exact) mass is 480 g/mol. The lowest BCUT2D eigenvalue weighted by Crippen LogP contribution is -2.59. The standard InChI is InChI=1S/C28H36N2O5/c1-5-15-28(4,26(33)29-24(25(31)32)16-18(3)6-2)30-27(34)35-17-23-21-13-9-7-11-19(21)20-12-8-10-14-22(20)23/h7-14,18,23-24H,5-6,15-17H2,1-4H3,(H,29,33)(H,30,34)(H,31,32). The number of carboxylic acids is 1. The molecule has 3 atom stereocenters. The summed E-state index contributed by atoms with van der Waals surface area (Å²) in [4.78, 5) is 37.7. The lowest BCUT2D eigenvalue weighted by Gasteiger charge is -2.31. The molecule has 0 bridgehead atoms. The zero-order valence-corrected chi connectivity index (χ0v) is 21.0. The minimum atomic E-state index is -1.29. The van der Waals surface area contributed by atoms with Gasteiger partial charge in [-0.25, -0.2) is 9.59 Å². The SMILES string of the molecule is CCCC(C)(NC(=O)OCC1c2ccccc2-c2ccccc21)C(=O)NC(CC(C)CC)C(=O)O. The summed E-state index contributed by atoms with van der Waals surface area (Å²) in [5.74, 6) is -1.56. The van der Waals surface area contributed by atoms with Crippen LogP contribution in [0.2, 0.25) is 0 Å². The second kappa shape index (κ2) is 11.4. The summed E-state index contributed by atoms with van der Waals surface area (Å²) in [7, 11) is 0. The average Bonchev–Trinajstić information content (AvgIpc) is 3.15. The summed E-state index contributed by atoms with van der Waals surface area (Å²) >= 11 is 0. The number of rotatable bonds is 11. The Hall–Kier alpha value is -3.35. The van der Waals surface area contributed by atoms with Crippen molar-refractivity contribution in [1.29, 1.82) is 0 Å². The summed E-state index contributed by atoms with van der Waals surface area (Å²) in [5.41, 5.74) is 3.18. The zero-order chi connectivity index (χ0) is 25.6. The van der Waals surface area contributed by atoms with E-state index in [1.165, 1.54) is 0 Å². The molecule has 3 N–H and O–H groups in total. The smallest absolute Gasteiger partial charge is 0.408 e. The molecule has 0 heterocycles. The predicted molar refractivity (Wildman–Crippen MR) is 135 cm³/mol. The van der Waals surface area contributed by atoms with Gasteiger partial charge in [0, 0.05) is 5.92 Å². The highest BCUT2D eigenvalue weighted by atomic mass is 16.5. The minimum Gasteiger partial charge on any atom is -0.480 e. The lowest BCUT2D eigenvalue weighted by atomic mass is 9.93. The highest BCUT2D eigenvalue weighted by molar-refractivity contribution is 5.92. The van der Waals surface area contributed by atoms with Crippen LogP contribution in [-0.2, 0) is 14.3 Å². The number of carbonyl (C=O) groups excluding carboxylic acids is 2. The van der Waals surface area contributed by atoms with Crippen LogP contribution in [0.3, 0.4) is 0 Å². The molecule has 2 aromatic carbocycles. The van der Waals surface area contributed by atoms with Gasteiger partial charge in [-0.2, -0.15) is 0 Å². The van der Waals surface area contributed by atoms with Crippen molar-refractivity contribution in [2.75, 3.05) is 6.61 Å². The molecule has 7 heteroatoms. The maximum Gasteiger partial charge on any atom is 0.408 e. The Kier molecular flexibility index (Phi) is 8.54. The van der Waals surface area contributed by atoms with Gasteiger partial charge in [0.05, 0.1) is 0 Å². The van der Waals surface area contributed by atoms with E-state index in [1.807, 2.05) is 57.2 Å². The summed E-state index contributed by atoms with van der Waals surface area (Å²) in [6.07, 6.45) is 1.40. The normalized spacial score (nSPS) is 15.8. The molecule has 2 aromatic rings. The number of hydrogen-bond donors (Lipinski definition) is 3. The first-order valence-corrected chi connectivity index (χ1v) is 12.4. The Morgan fingerprint density at radius 2 is 1.60 bits per heavy atom. The molecular weight excluding hydrogens is 444 g/mol. The number of alkyl carbamates (subject to hydrolysis) is 1. The van der Waals surface area contributed by atoms with Crippen molar-refractivity contribution in [3.05, 3.63) is 59.7 Å². The van der Waals surface area contributed by atoms with E-state index in [0.29, 0.717) is 19.3 Å². The van der Waals surface area contributed by atoms with Crippen LogP contribution in [0, 0.1) is 5.92 Å². The number of carboxylic acid groups (broad SMARTS) is 1. The van der Waals surface area contributed by atoms with E-state index in [9.17, 15) is 19.5 Å². The molecule has 1 aliphatic carbocycles. The zero-order valence-electron chi connectivity index (χ0n) is 21.0. The highest BCUT2D eigenvalue weighted by Crippen LogP contribution is 2.44. The van der Waals surface area contributed by atoms with E-state index in [4.69, 9.17) is 4.74 Å². The Bertz CT molecular complexity index is 1020. The van der Waals surface area contributed by atoms with Crippen LogP contribution in [0.15, 0.2) is 48.5 Å². The van der Waals surface area contributed by atoms with E-state index in [1.54, 1.807) is 6.92 Å². The molecule has 0 aliphatic heterocycles. The van der Waals surface area contributed by atoms with Gasteiger partial charge < -0.3 is 20.5 Å². The van der Waals surface area contributed by atoms with Gasteiger partial charge in [-0.15, -0.1) is 0 Å². The predicted octanol–water partition coefficient (Wildman–Crippen LogP) is 5.09. The maximum absolute atomic E-state index is 13.1. The van der Waals surface area contributed by atoms with Crippen LogP contribution >= 0.6 is 0 Å². The lowest BCUT2D eigenvalue weighted by molar-refractivity contribution is -0.143. The van der Waals surface area contributed by atoms with Gasteiger partial charge in [0.2, 0.25) is 5.91 Å². The third-order valence-corrected chi connectivity index (χ3v) is 6.91. The van der Waals surface area contributed by atoms with Gasteiger partial charge in [0.25, 0.3) is 0 Å². The molecule has 1 aliphatic rings. The maximum atomic E-state index is 13.1. The van der Waals surface area contributed by atoms with E-state index in [-0.39, 0.29) is 18.4 Å². The molecule has 0 spiro atoms. The summed E-state index contributed by atoms with van der Waals surface area (Å²) < 4.78 is 5.62. The molecule has 7 nitrogen and oxygen atoms in total. The molecule has 0 fully saturated rings. The molecule has 0 saturated heterocycles. The molecule has 35 heavy (non-hydrogen) atoms. The number of hydrogen-bond acceptors (Lipinski definition) is 4. The fourth-order valence-electron chi connectivity index (χ4n) is 4.70. The largest absolute Gasteiger partial charge is 0.480 e. The molecule has 2 amide bonds. The molecule has 0 aromatic heterocycles. The van der Waals surface area contributed by atoms with Crippen molar-refractivity contribution in [3.8, 4) is 11.1 Å². The number of amides is 2.